The standard InChI is InChI=1S/C22H34N4O5S/c1-6-7-10-19(27)18(25-21(28)31-22(3,4)5)9-8-15-24-20(23)26-32(29,30)17-13-11-16(2)12-14-17/h6,11-14,18H,1,7-10,15H2,2-5H3,(H,25,28)(H3,23,24,26). The summed E-state index contributed by atoms with van der Waals surface area (Å²) in [7, 11) is -3.83. The lowest BCUT2D eigenvalue weighted by molar-refractivity contribution is -0.121. The molecule has 0 fully saturated rings. The predicted octanol–water partition coefficient (Wildman–Crippen LogP) is 2.80. The molecule has 0 aromatic heterocycles. The number of Topliss-reactive ketones (excluding diaryl/α,β-unsaturated/α-hetero) is 1. The quantitative estimate of drug-likeness (QED) is 0.198. The summed E-state index contributed by atoms with van der Waals surface area (Å²) in [4.78, 5) is 28.6. The fraction of sp³-hybridized carbons (Fsp3) is 0.500. The van der Waals surface area contributed by atoms with Crippen molar-refractivity contribution < 1.29 is 22.7 Å². The Balaban J connectivity index is 2.67. The van der Waals surface area contributed by atoms with Gasteiger partial charge in [0.1, 0.15) is 5.60 Å². The van der Waals surface area contributed by atoms with Crippen molar-refractivity contribution in [2.75, 3.05) is 6.54 Å². The normalized spacial score (nSPS) is 13.2. The Morgan fingerprint density at radius 3 is 2.44 bits per heavy atom. The molecule has 0 saturated heterocycles. The molecular formula is C22H34N4O5S. The second kappa shape index (κ2) is 12.2. The summed E-state index contributed by atoms with van der Waals surface area (Å²) >= 11 is 0. The summed E-state index contributed by atoms with van der Waals surface area (Å²) in [5, 5.41) is 2.60. The van der Waals surface area contributed by atoms with Crippen molar-refractivity contribution in [1.82, 2.24) is 10.0 Å². The summed E-state index contributed by atoms with van der Waals surface area (Å²) in [6, 6.07) is 5.58. The molecule has 1 unspecified atom stereocenters. The average molecular weight is 467 g/mol. The van der Waals surface area contributed by atoms with Crippen molar-refractivity contribution in [3.63, 3.8) is 0 Å². The van der Waals surface area contributed by atoms with Crippen molar-refractivity contribution in [3.05, 3.63) is 42.5 Å². The van der Waals surface area contributed by atoms with Crippen LogP contribution in [0.1, 0.15) is 52.0 Å². The molecular weight excluding hydrogens is 432 g/mol. The number of benzene rings is 1. The van der Waals surface area contributed by atoms with Crippen LogP contribution in [0, 0.1) is 6.92 Å². The van der Waals surface area contributed by atoms with Crippen molar-refractivity contribution >= 4 is 27.9 Å². The summed E-state index contributed by atoms with van der Waals surface area (Å²) < 4.78 is 32.1. The maximum absolute atomic E-state index is 12.4. The highest BCUT2D eigenvalue weighted by molar-refractivity contribution is 7.90. The molecule has 0 saturated carbocycles. The molecule has 10 heteroatoms. The van der Waals surface area contributed by atoms with E-state index in [1.54, 1.807) is 39.0 Å². The Bertz CT molecular complexity index is 919. The van der Waals surface area contributed by atoms with Crippen molar-refractivity contribution in [1.29, 1.82) is 0 Å². The lowest BCUT2D eigenvalue weighted by atomic mass is 10.0. The number of nitrogens with zero attached hydrogens (tertiary/aromatic N) is 1. The molecule has 0 radical (unpaired) electrons. The summed E-state index contributed by atoms with van der Waals surface area (Å²) in [6.07, 6.45) is 2.39. The third-order valence-electron chi connectivity index (χ3n) is 4.18. The highest BCUT2D eigenvalue weighted by atomic mass is 32.2. The number of sulfonamides is 1. The van der Waals surface area contributed by atoms with Gasteiger partial charge in [0.15, 0.2) is 5.78 Å². The molecule has 32 heavy (non-hydrogen) atoms. The van der Waals surface area contributed by atoms with E-state index in [0.717, 1.165) is 5.56 Å². The fourth-order valence-corrected chi connectivity index (χ4v) is 3.58. The van der Waals surface area contributed by atoms with E-state index in [4.69, 9.17) is 10.5 Å². The molecule has 4 N–H and O–H groups in total. The number of ether oxygens (including phenoxy) is 1. The minimum atomic E-state index is -3.83. The monoisotopic (exact) mass is 466 g/mol. The first-order valence-electron chi connectivity index (χ1n) is 10.4. The molecule has 1 rings (SSSR count). The molecule has 0 spiro atoms. The molecule has 1 amide bonds. The minimum Gasteiger partial charge on any atom is -0.444 e. The van der Waals surface area contributed by atoms with Crippen LogP contribution in [-0.2, 0) is 19.6 Å². The van der Waals surface area contributed by atoms with Crippen LogP contribution < -0.4 is 15.8 Å². The highest BCUT2D eigenvalue weighted by Gasteiger charge is 2.23. The first kappa shape index (κ1) is 27.2. The molecule has 0 aliphatic carbocycles. The van der Waals surface area contributed by atoms with Gasteiger partial charge in [-0.05, 0) is 59.1 Å². The van der Waals surface area contributed by atoms with Crippen LogP contribution >= 0.6 is 0 Å². The number of rotatable bonds is 11. The smallest absolute Gasteiger partial charge is 0.408 e. The number of carbonyl (C=O) groups is 2. The van der Waals surface area contributed by atoms with E-state index in [1.165, 1.54) is 12.1 Å². The van der Waals surface area contributed by atoms with E-state index < -0.39 is 27.8 Å². The fourth-order valence-electron chi connectivity index (χ4n) is 2.62. The van der Waals surface area contributed by atoms with Gasteiger partial charge >= 0.3 is 6.09 Å². The van der Waals surface area contributed by atoms with Gasteiger partial charge in [0.05, 0.1) is 10.9 Å². The van der Waals surface area contributed by atoms with E-state index in [1.807, 2.05) is 6.92 Å². The van der Waals surface area contributed by atoms with Crippen LogP contribution in [0.15, 0.2) is 46.8 Å². The number of ketones is 1. The van der Waals surface area contributed by atoms with Gasteiger partial charge in [0.2, 0.25) is 5.96 Å². The second-order valence-electron chi connectivity index (χ2n) is 8.32. The number of guanidine groups is 1. The highest BCUT2D eigenvalue weighted by Crippen LogP contribution is 2.11. The summed E-state index contributed by atoms with van der Waals surface area (Å²) in [5.74, 6) is -0.395. The van der Waals surface area contributed by atoms with Crippen LogP contribution in [0.4, 0.5) is 4.79 Å². The molecule has 9 nitrogen and oxygen atoms in total. The number of carbonyl (C=O) groups excluding carboxylic acids is 2. The van der Waals surface area contributed by atoms with Crippen LogP contribution in [0.2, 0.25) is 0 Å². The zero-order valence-electron chi connectivity index (χ0n) is 19.2. The summed E-state index contributed by atoms with van der Waals surface area (Å²) in [5.41, 5.74) is 5.96. The number of alkyl carbamates (subject to hydrolysis) is 1. The molecule has 0 heterocycles. The average Bonchev–Trinajstić information content (AvgIpc) is 2.67. The van der Waals surface area contributed by atoms with E-state index in [9.17, 15) is 18.0 Å². The van der Waals surface area contributed by atoms with Crippen LogP contribution in [0.25, 0.3) is 0 Å². The maximum Gasteiger partial charge on any atom is 0.408 e. The van der Waals surface area contributed by atoms with Crippen LogP contribution in [0.5, 0.6) is 0 Å². The van der Waals surface area contributed by atoms with Crippen LogP contribution in [-0.4, -0.2) is 44.4 Å². The topological polar surface area (TPSA) is 140 Å². The molecule has 178 valence electrons. The van der Waals surface area contributed by atoms with Gasteiger partial charge in [-0.25, -0.2) is 17.9 Å². The number of hydrogen-bond donors (Lipinski definition) is 3. The lowest BCUT2D eigenvalue weighted by Gasteiger charge is -2.23. The molecule has 1 atom stereocenters. The van der Waals surface area contributed by atoms with Gasteiger partial charge in [-0.2, -0.15) is 0 Å². The molecule has 0 bridgehead atoms. The predicted molar refractivity (Wildman–Crippen MR) is 125 cm³/mol. The third kappa shape index (κ3) is 10.4. The van der Waals surface area contributed by atoms with E-state index in [2.05, 4.69) is 21.6 Å². The van der Waals surface area contributed by atoms with Gasteiger partial charge in [0.25, 0.3) is 10.0 Å². The van der Waals surface area contributed by atoms with E-state index >= 15 is 0 Å². The lowest BCUT2D eigenvalue weighted by Crippen LogP contribution is -2.43. The maximum atomic E-state index is 12.4. The Morgan fingerprint density at radius 1 is 1.25 bits per heavy atom. The number of aryl methyl sites for hydroxylation is 1. The Hall–Kier alpha value is -2.88. The van der Waals surface area contributed by atoms with Crippen LogP contribution in [0.3, 0.4) is 0 Å². The third-order valence-corrected chi connectivity index (χ3v) is 5.55. The van der Waals surface area contributed by atoms with E-state index in [0.29, 0.717) is 19.3 Å². The molecule has 0 aliphatic heterocycles. The SMILES string of the molecule is C=CCCC(=O)C(CCCN=C(N)NS(=O)(=O)c1ccc(C)cc1)NC(=O)OC(C)(C)C. The molecule has 1 aromatic rings. The number of hydrogen-bond acceptors (Lipinski definition) is 6. The first-order chi connectivity index (χ1) is 14.8. The second-order valence-corrected chi connectivity index (χ2v) is 10.0. The van der Waals surface area contributed by atoms with Gasteiger partial charge < -0.3 is 15.8 Å². The zero-order valence-corrected chi connectivity index (χ0v) is 20.0. The Labute approximate surface area is 190 Å². The number of aliphatic imine (C=N–C) groups is 1. The Morgan fingerprint density at radius 2 is 1.88 bits per heavy atom. The van der Waals surface area contributed by atoms with Crippen molar-refractivity contribution in [3.8, 4) is 0 Å². The van der Waals surface area contributed by atoms with Gasteiger partial charge in [-0.1, -0.05) is 23.8 Å². The zero-order chi connectivity index (χ0) is 24.4. The molecule has 1 aromatic carbocycles. The molecule has 0 aliphatic rings. The van der Waals surface area contributed by atoms with Gasteiger partial charge in [-0.15, -0.1) is 6.58 Å². The van der Waals surface area contributed by atoms with Crippen molar-refractivity contribution in [2.45, 2.75) is 69.9 Å². The largest absolute Gasteiger partial charge is 0.444 e. The summed E-state index contributed by atoms with van der Waals surface area (Å²) in [6.45, 7) is 10.8. The number of amides is 1. The van der Waals surface area contributed by atoms with Crippen molar-refractivity contribution in [2.24, 2.45) is 10.7 Å². The van der Waals surface area contributed by atoms with E-state index in [-0.39, 0.29) is 29.6 Å². The van der Waals surface area contributed by atoms with Gasteiger partial charge in [0, 0.05) is 13.0 Å². The number of nitrogens with one attached hydrogen (secondary N) is 2. The van der Waals surface area contributed by atoms with Gasteiger partial charge in [-0.3, -0.25) is 9.79 Å². The number of allylic oxidation sites excluding steroid dienone is 1. The first-order valence-corrected chi connectivity index (χ1v) is 11.8. The Kier molecular flexibility index (Phi) is 10.4. The number of nitrogens with two attached hydrogens (primary N) is 1. The minimum absolute atomic E-state index is 0.0793.